The van der Waals surface area contributed by atoms with Crippen LogP contribution in [-0.2, 0) is 0 Å². The van der Waals surface area contributed by atoms with Gasteiger partial charge in [-0.3, -0.25) is 0 Å². The van der Waals surface area contributed by atoms with Gasteiger partial charge in [0, 0.05) is 0 Å². The van der Waals surface area contributed by atoms with Gasteiger partial charge in [-0.15, -0.1) is 16.6 Å². The number of benzene rings is 1. The van der Waals surface area contributed by atoms with Crippen LogP contribution in [0.1, 0.15) is 12.5 Å². The molecule has 0 N–H and O–H groups in total. The first-order chi connectivity index (χ1) is 11.2. The van der Waals surface area contributed by atoms with E-state index in [9.17, 15) is 0 Å². The predicted octanol–water partition coefficient (Wildman–Crippen LogP) is 2.95. The lowest BCUT2D eigenvalue weighted by molar-refractivity contribution is 0.299. The van der Waals surface area contributed by atoms with E-state index in [4.69, 9.17) is 27.5 Å². The fraction of sp³-hybridized carbons (Fsp3) is 0.267. The third-order valence-corrected chi connectivity index (χ3v) is 3.56. The Bertz CT molecular complexity index is 740. The van der Waals surface area contributed by atoms with Gasteiger partial charge in [-0.25, -0.2) is 0 Å². The second kappa shape index (κ2) is 8.46. The molecule has 0 saturated heterocycles. The number of terminal acetylenes is 1. The van der Waals surface area contributed by atoms with Gasteiger partial charge in [0.15, 0.2) is 11.5 Å². The number of ether oxygens (including phenoxy) is 2. The average Bonchev–Trinajstić information content (AvgIpc) is 3.00. The van der Waals surface area contributed by atoms with Crippen molar-refractivity contribution in [2.24, 2.45) is 5.10 Å². The van der Waals surface area contributed by atoms with Crippen LogP contribution in [0.2, 0.25) is 5.02 Å². The summed E-state index contributed by atoms with van der Waals surface area (Å²) in [6.45, 7) is 2.47. The monoisotopic (exact) mass is 350 g/mol. The molecule has 0 spiro atoms. The molecule has 1 aromatic carbocycles. The summed E-state index contributed by atoms with van der Waals surface area (Å²) in [5, 5.41) is 13.1. The second-order valence-corrected chi connectivity index (χ2v) is 5.34. The molecule has 0 aliphatic heterocycles. The number of thioether (sulfide) groups is 1. The topological polar surface area (TPSA) is 61.5 Å². The third-order valence-electron chi connectivity index (χ3n) is 2.65. The van der Waals surface area contributed by atoms with Gasteiger partial charge >= 0.3 is 0 Å². The largest absolute Gasteiger partial charge is 0.490 e. The maximum Gasteiger partial charge on any atom is 0.211 e. The number of rotatable bonds is 7. The van der Waals surface area contributed by atoms with Crippen LogP contribution in [0.4, 0.5) is 0 Å². The minimum Gasteiger partial charge on any atom is -0.490 e. The maximum absolute atomic E-state index is 6.25. The highest BCUT2D eigenvalue weighted by molar-refractivity contribution is 7.98. The Hall–Kier alpha value is -2.17. The van der Waals surface area contributed by atoms with Crippen LogP contribution in [0.25, 0.3) is 0 Å². The Labute approximate surface area is 143 Å². The standard InChI is InChI=1S/C15H15ClN4O2S/c1-4-6-22-14-12(16)7-11(8-13(14)21-5-2)9-18-20-10-17-19-15(20)23-3/h1,7-10H,5-6H2,2-3H3/b18-9-. The van der Waals surface area contributed by atoms with E-state index in [-0.39, 0.29) is 6.61 Å². The van der Waals surface area contributed by atoms with E-state index in [1.165, 1.54) is 18.1 Å². The fourth-order valence-corrected chi connectivity index (χ4v) is 2.42. The molecule has 0 unspecified atom stereocenters. The van der Waals surface area contributed by atoms with E-state index >= 15 is 0 Å². The molecule has 0 atom stereocenters. The van der Waals surface area contributed by atoms with Crippen LogP contribution in [-0.4, -0.2) is 40.6 Å². The van der Waals surface area contributed by atoms with Crippen molar-refractivity contribution in [3.8, 4) is 23.8 Å². The van der Waals surface area contributed by atoms with Crippen molar-refractivity contribution in [1.82, 2.24) is 14.9 Å². The molecule has 2 aromatic rings. The Kier molecular flexibility index (Phi) is 6.32. The van der Waals surface area contributed by atoms with Gasteiger partial charge < -0.3 is 9.47 Å². The van der Waals surface area contributed by atoms with Crippen molar-refractivity contribution in [2.45, 2.75) is 12.1 Å². The quantitative estimate of drug-likeness (QED) is 0.436. The summed E-state index contributed by atoms with van der Waals surface area (Å²) >= 11 is 7.70. The minimum absolute atomic E-state index is 0.116. The van der Waals surface area contributed by atoms with Crippen LogP contribution >= 0.6 is 23.4 Å². The number of hydrogen-bond acceptors (Lipinski definition) is 6. The Morgan fingerprint density at radius 3 is 3.00 bits per heavy atom. The molecular weight excluding hydrogens is 336 g/mol. The van der Waals surface area contributed by atoms with Crippen molar-refractivity contribution in [1.29, 1.82) is 0 Å². The normalized spacial score (nSPS) is 10.7. The minimum atomic E-state index is 0.116. The van der Waals surface area contributed by atoms with Gasteiger partial charge in [-0.05, 0) is 30.9 Å². The highest BCUT2D eigenvalue weighted by Crippen LogP contribution is 2.36. The summed E-state index contributed by atoms with van der Waals surface area (Å²) in [4.78, 5) is 0. The van der Waals surface area contributed by atoms with E-state index in [2.05, 4.69) is 21.2 Å². The van der Waals surface area contributed by atoms with E-state index in [0.717, 1.165) is 5.56 Å². The Balaban J connectivity index is 2.31. The number of nitrogens with zero attached hydrogens (tertiary/aromatic N) is 4. The zero-order valence-corrected chi connectivity index (χ0v) is 14.3. The first-order valence-electron chi connectivity index (χ1n) is 6.70. The molecule has 0 aliphatic rings. The highest BCUT2D eigenvalue weighted by Gasteiger charge is 2.12. The number of aromatic nitrogens is 3. The molecule has 0 saturated carbocycles. The van der Waals surface area contributed by atoms with Crippen molar-refractivity contribution < 1.29 is 9.47 Å². The molecule has 2 rings (SSSR count). The van der Waals surface area contributed by atoms with Gasteiger partial charge in [-0.2, -0.15) is 9.78 Å². The van der Waals surface area contributed by atoms with E-state index in [1.54, 1.807) is 23.0 Å². The third kappa shape index (κ3) is 4.41. The molecule has 0 fully saturated rings. The van der Waals surface area contributed by atoms with Crippen molar-refractivity contribution in [3.63, 3.8) is 0 Å². The summed E-state index contributed by atoms with van der Waals surface area (Å²) < 4.78 is 12.6. The summed E-state index contributed by atoms with van der Waals surface area (Å²) in [7, 11) is 0. The number of halogens is 1. The molecule has 0 aliphatic carbocycles. The van der Waals surface area contributed by atoms with Gasteiger partial charge in [-0.1, -0.05) is 29.3 Å². The van der Waals surface area contributed by atoms with Crippen LogP contribution in [0, 0.1) is 12.3 Å². The van der Waals surface area contributed by atoms with Crippen LogP contribution in [0.5, 0.6) is 11.5 Å². The van der Waals surface area contributed by atoms with Crippen molar-refractivity contribution in [3.05, 3.63) is 29.0 Å². The second-order valence-electron chi connectivity index (χ2n) is 4.16. The molecule has 0 radical (unpaired) electrons. The van der Waals surface area contributed by atoms with E-state index in [1.807, 2.05) is 13.2 Å². The van der Waals surface area contributed by atoms with Crippen LogP contribution in [0.3, 0.4) is 0 Å². The fourth-order valence-electron chi connectivity index (χ4n) is 1.74. The lowest BCUT2D eigenvalue weighted by Gasteiger charge is -2.12. The SMILES string of the molecule is C#CCOc1c(Cl)cc(/C=N\n2cnnc2SC)cc1OCC. The first-order valence-corrected chi connectivity index (χ1v) is 8.30. The van der Waals surface area contributed by atoms with Gasteiger partial charge in [0.2, 0.25) is 5.16 Å². The molecule has 1 aromatic heterocycles. The molecule has 0 amide bonds. The van der Waals surface area contributed by atoms with E-state index in [0.29, 0.717) is 28.3 Å². The number of hydrogen-bond donors (Lipinski definition) is 0. The molecule has 23 heavy (non-hydrogen) atoms. The van der Waals surface area contributed by atoms with Crippen LogP contribution < -0.4 is 9.47 Å². The zero-order chi connectivity index (χ0) is 16.7. The molecule has 6 nitrogen and oxygen atoms in total. The van der Waals surface area contributed by atoms with Crippen LogP contribution in [0.15, 0.2) is 28.7 Å². The van der Waals surface area contributed by atoms with E-state index < -0.39 is 0 Å². The summed E-state index contributed by atoms with van der Waals surface area (Å²) in [5.74, 6) is 3.35. The first kappa shape index (κ1) is 17.2. The van der Waals surface area contributed by atoms with Gasteiger partial charge in [0.1, 0.15) is 12.9 Å². The lowest BCUT2D eigenvalue weighted by atomic mass is 10.2. The summed E-state index contributed by atoms with van der Waals surface area (Å²) in [6, 6.07) is 3.51. The maximum atomic E-state index is 6.25. The lowest BCUT2D eigenvalue weighted by Crippen LogP contribution is -2.01. The van der Waals surface area contributed by atoms with Gasteiger partial charge in [0.05, 0.1) is 17.8 Å². The molecule has 120 valence electrons. The summed E-state index contributed by atoms with van der Waals surface area (Å²) in [6.07, 6.45) is 10.3. The molecule has 1 heterocycles. The average molecular weight is 351 g/mol. The Morgan fingerprint density at radius 1 is 1.48 bits per heavy atom. The highest BCUT2D eigenvalue weighted by atomic mass is 35.5. The summed E-state index contributed by atoms with van der Waals surface area (Å²) in [5.41, 5.74) is 0.757. The smallest absolute Gasteiger partial charge is 0.211 e. The predicted molar refractivity (Wildman–Crippen MR) is 91.7 cm³/mol. The van der Waals surface area contributed by atoms with Gasteiger partial charge in [0.25, 0.3) is 0 Å². The molecule has 0 bridgehead atoms. The van der Waals surface area contributed by atoms with Crippen molar-refractivity contribution >= 4 is 29.6 Å². The van der Waals surface area contributed by atoms with Crippen molar-refractivity contribution in [2.75, 3.05) is 19.5 Å². The molecule has 8 heteroatoms. The Morgan fingerprint density at radius 2 is 2.30 bits per heavy atom. The zero-order valence-electron chi connectivity index (χ0n) is 12.7. The molecular formula is C15H15ClN4O2S.